The molecule has 2 aliphatic rings. The summed E-state index contributed by atoms with van der Waals surface area (Å²) in [5.74, 6) is 0.404. The van der Waals surface area contributed by atoms with Gasteiger partial charge >= 0.3 is 0 Å². The molecule has 1 atom stereocenters. The van der Waals surface area contributed by atoms with Crippen molar-refractivity contribution in [2.45, 2.75) is 38.5 Å². The van der Waals surface area contributed by atoms with Gasteiger partial charge in [0.05, 0.1) is 5.41 Å². The lowest BCUT2D eigenvalue weighted by atomic mass is 9.73. The predicted molar refractivity (Wildman–Crippen MR) is 110 cm³/mol. The Hall–Kier alpha value is -2.27. The first kappa shape index (κ1) is 20.0. The fourth-order valence-corrected chi connectivity index (χ4v) is 4.84. The maximum absolute atomic E-state index is 14.4. The summed E-state index contributed by atoms with van der Waals surface area (Å²) < 4.78 is 19.9. The van der Waals surface area contributed by atoms with Crippen LogP contribution in [0.25, 0.3) is 0 Å². The van der Waals surface area contributed by atoms with Crippen molar-refractivity contribution in [3.63, 3.8) is 0 Å². The van der Waals surface area contributed by atoms with E-state index in [0.717, 1.165) is 32.4 Å². The van der Waals surface area contributed by atoms with Crippen LogP contribution in [0, 0.1) is 17.2 Å². The minimum Gasteiger partial charge on any atom is -0.381 e. The summed E-state index contributed by atoms with van der Waals surface area (Å²) in [5.41, 5.74) is 1.29. The largest absolute Gasteiger partial charge is 0.381 e. The molecule has 2 aliphatic heterocycles. The molecule has 0 unspecified atom stereocenters. The number of carbonyl (C=O) groups is 1. The van der Waals surface area contributed by atoms with Crippen LogP contribution in [0.4, 0.5) is 4.39 Å². The highest BCUT2D eigenvalue weighted by Gasteiger charge is 2.43. The van der Waals surface area contributed by atoms with Crippen LogP contribution in [0.2, 0.25) is 0 Å². The predicted octanol–water partition coefficient (Wildman–Crippen LogP) is 4.04. The molecule has 2 aromatic rings. The fraction of sp³-hybridized carbons (Fsp3) is 0.500. The van der Waals surface area contributed by atoms with Crippen LogP contribution in [0.3, 0.4) is 0 Å². The molecule has 1 amide bonds. The van der Waals surface area contributed by atoms with E-state index in [2.05, 4.69) is 11.1 Å². The van der Waals surface area contributed by atoms with Crippen molar-refractivity contribution in [3.05, 3.63) is 65.7 Å². The Bertz CT molecular complexity index is 821. The van der Waals surface area contributed by atoms with Crippen LogP contribution in [0.5, 0.6) is 0 Å². The van der Waals surface area contributed by atoms with E-state index in [1.807, 2.05) is 23.2 Å². The van der Waals surface area contributed by atoms with Crippen molar-refractivity contribution in [2.75, 3.05) is 26.3 Å². The number of carbonyl (C=O) groups excluding carboxylic acids is 1. The van der Waals surface area contributed by atoms with Gasteiger partial charge in [-0.1, -0.05) is 24.3 Å². The second-order valence-electron chi connectivity index (χ2n) is 8.49. The molecule has 1 aromatic carbocycles. The number of benzene rings is 1. The third kappa shape index (κ3) is 4.67. The van der Waals surface area contributed by atoms with Crippen molar-refractivity contribution < 1.29 is 13.9 Å². The lowest BCUT2D eigenvalue weighted by Crippen LogP contribution is -2.51. The number of nitrogens with zero attached hydrogens (tertiary/aromatic N) is 2. The SMILES string of the molecule is O=C(N1CCC[C@H](Cc2cccnc2)C1)C1(Cc2ccccc2F)CCOCC1. The van der Waals surface area contributed by atoms with Gasteiger partial charge in [0, 0.05) is 38.7 Å². The average Bonchev–Trinajstić information content (AvgIpc) is 2.76. The van der Waals surface area contributed by atoms with Crippen LogP contribution in [-0.4, -0.2) is 42.1 Å². The Morgan fingerprint density at radius 1 is 1.21 bits per heavy atom. The highest BCUT2D eigenvalue weighted by Crippen LogP contribution is 2.38. The van der Waals surface area contributed by atoms with Gasteiger partial charge in [-0.25, -0.2) is 4.39 Å². The molecule has 0 spiro atoms. The molecule has 3 heterocycles. The normalized spacial score (nSPS) is 21.7. The van der Waals surface area contributed by atoms with Crippen LogP contribution < -0.4 is 0 Å². The van der Waals surface area contributed by atoms with Crippen molar-refractivity contribution >= 4 is 5.91 Å². The number of aromatic nitrogens is 1. The Kier molecular flexibility index (Phi) is 6.24. The number of hydrogen-bond donors (Lipinski definition) is 0. The molecule has 29 heavy (non-hydrogen) atoms. The van der Waals surface area contributed by atoms with Crippen LogP contribution in [0.1, 0.15) is 36.8 Å². The lowest BCUT2D eigenvalue weighted by molar-refractivity contribution is -0.150. The molecule has 0 aliphatic carbocycles. The van der Waals surface area contributed by atoms with Gasteiger partial charge in [0.2, 0.25) is 5.91 Å². The van der Waals surface area contributed by atoms with Crippen LogP contribution >= 0.6 is 0 Å². The first-order chi connectivity index (χ1) is 14.2. The van der Waals surface area contributed by atoms with Crippen molar-refractivity contribution in [1.82, 2.24) is 9.88 Å². The summed E-state index contributed by atoms with van der Waals surface area (Å²) in [7, 11) is 0. The van der Waals surface area contributed by atoms with Gasteiger partial charge in [-0.3, -0.25) is 9.78 Å². The minimum atomic E-state index is -0.559. The van der Waals surface area contributed by atoms with Crippen LogP contribution in [-0.2, 0) is 22.4 Å². The standard InChI is InChI=1S/C24H29FN2O2/c25-22-8-2-1-7-21(22)16-24(9-13-29-14-10-24)23(28)27-12-4-6-20(18-27)15-19-5-3-11-26-17-19/h1-3,5,7-8,11,17,20H,4,6,9-10,12-16,18H2/t20-/m1/s1. The average molecular weight is 397 g/mol. The molecule has 4 nitrogen and oxygen atoms in total. The molecule has 4 rings (SSSR count). The highest BCUT2D eigenvalue weighted by molar-refractivity contribution is 5.83. The smallest absolute Gasteiger partial charge is 0.229 e. The quantitative estimate of drug-likeness (QED) is 0.766. The van der Waals surface area contributed by atoms with E-state index >= 15 is 0 Å². The zero-order chi connectivity index (χ0) is 20.1. The molecule has 5 heteroatoms. The molecular formula is C24H29FN2O2. The molecular weight excluding hydrogens is 367 g/mol. The number of hydrogen-bond acceptors (Lipinski definition) is 3. The summed E-state index contributed by atoms with van der Waals surface area (Å²) in [6.45, 7) is 2.69. The Balaban J connectivity index is 1.50. The number of pyridine rings is 1. The summed E-state index contributed by atoms with van der Waals surface area (Å²) in [6, 6.07) is 10.9. The van der Waals surface area contributed by atoms with Gasteiger partial charge in [0.15, 0.2) is 0 Å². The topological polar surface area (TPSA) is 42.4 Å². The minimum absolute atomic E-state index is 0.180. The van der Waals surface area contributed by atoms with Gasteiger partial charge in [-0.15, -0.1) is 0 Å². The van der Waals surface area contributed by atoms with E-state index in [4.69, 9.17) is 4.74 Å². The molecule has 154 valence electrons. The Morgan fingerprint density at radius 3 is 2.79 bits per heavy atom. The van der Waals surface area contributed by atoms with Gasteiger partial charge in [0.25, 0.3) is 0 Å². The zero-order valence-corrected chi connectivity index (χ0v) is 16.9. The number of piperidine rings is 1. The number of rotatable bonds is 5. The summed E-state index contributed by atoms with van der Waals surface area (Å²) in [4.78, 5) is 20.0. The van der Waals surface area contributed by atoms with E-state index in [9.17, 15) is 9.18 Å². The van der Waals surface area contributed by atoms with Crippen molar-refractivity contribution in [1.29, 1.82) is 0 Å². The monoisotopic (exact) mass is 396 g/mol. The van der Waals surface area contributed by atoms with E-state index in [-0.39, 0.29) is 11.7 Å². The fourth-order valence-electron chi connectivity index (χ4n) is 4.84. The summed E-state index contributed by atoms with van der Waals surface area (Å²) in [6.07, 6.45) is 8.56. The van der Waals surface area contributed by atoms with Crippen LogP contribution in [0.15, 0.2) is 48.8 Å². The number of halogens is 1. The highest BCUT2D eigenvalue weighted by atomic mass is 19.1. The third-order valence-corrected chi connectivity index (χ3v) is 6.44. The Morgan fingerprint density at radius 2 is 2.03 bits per heavy atom. The van der Waals surface area contributed by atoms with Gasteiger partial charge in [0.1, 0.15) is 5.82 Å². The molecule has 0 saturated carbocycles. The lowest BCUT2D eigenvalue weighted by Gasteiger charge is -2.42. The van der Waals surface area contributed by atoms with Crippen molar-refractivity contribution in [2.24, 2.45) is 11.3 Å². The zero-order valence-electron chi connectivity index (χ0n) is 16.9. The second kappa shape index (κ2) is 9.04. The Labute approximate surface area is 172 Å². The molecule has 1 aromatic heterocycles. The van der Waals surface area contributed by atoms with Crippen molar-refractivity contribution in [3.8, 4) is 0 Å². The van der Waals surface area contributed by atoms with Gasteiger partial charge < -0.3 is 9.64 Å². The molecule has 0 N–H and O–H groups in total. The summed E-state index contributed by atoms with van der Waals surface area (Å²) in [5, 5.41) is 0. The summed E-state index contributed by atoms with van der Waals surface area (Å²) >= 11 is 0. The van der Waals surface area contributed by atoms with E-state index < -0.39 is 5.41 Å². The number of likely N-dealkylation sites (tertiary alicyclic amines) is 1. The number of amides is 1. The second-order valence-corrected chi connectivity index (χ2v) is 8.49. The molecule has 0 radical (unpaired) electrons. The maximum atomic E-state index is 14.4. The van der Waals surface area contributed by atoms with Gasteiger partial charge in [-0.05, 0) is 67.7 Å². The first-order valence-corrected chi connectivity index (χ1v) is 10.7. The third-order valence-electron chi connectivity index (χ3n) is 6.44. The van der Waals surface area contributed by atoms with E-state index in [1.165, 1.54) is 11.6 Å². The van der Waals surface area contributed by atoms with Gasteiger partial charge in [-0.2, -0.15) is 0 Å². The molecule has 2 fully saturated rings. The number of ether oxygens (including phenoxy) is 1. The van der Waals surface area contributed by atoms with E-state index in [1.54, 1.807) is 18.3 Å². The van der Waals surface area contributed by atoms with E-state index in [0.29, 0.717) is 44.0 Å². The maximum Gasteiger partial charge on any atom is 0.229 e. The molecule has 2 saturated heterocycles. The molecule has 0 bridgehead atoms. The first-order valence-electron chi connectivity index (χ1n) is 10.7.